The van der Waals surface area contributed by atoms with Crippen LogP contribution in [0.3, 0.4) is 0 Å². The summed E-state index contributed by atoms with van der Waals surface area (Å²) in [4.78, 5) is 20.5. The van der Waals surface area contributed by atoms with Crippen LogP contribution in [0.15, 0.2) is 0 Å². The van der Waals surface area contributed by atoms with Crippen LogP contribution >= 0.6 is 7.82 Å². The average Bonchev–Trinajstić information content (AvgIpc) is 2.53. The zero-order valence-electron chi connectivity index (χ0n) is 18.0. The van der Waals surface area contributed by atoms with Gasteiger partial charge in [0.25, 0.3) is 0 Å². The van der Waals surface area contributed by atoms with Gasteiger partial charge in [-0.15, -0.1) is 0 Å². The van der Waals surface area contributed by atoms with Gasteiger partial charge in [0.15, 0.2) is 0 Å². The van der Waals surface area contributed by atoms with Crippen LogP contribution in [0.1, 0.15) is 110 Å². The molecule has 26 heavy (non-hydrogen) atoms. The zero-order chi connectivity index (χ0) is 18.1. The molecule has 0 N–H and O–H groups in total. The molecule has 1 unspecified atom stereocenters. The van der Waals surface area contributed by atoms with E-state index in [1.165, 1.54) is 77.0 Å². The minimum Gasteiger partial charge on any atom is -0.790 e. The maximum Gasteiger partial charge on any atom is 1.00 e. The van der Waals surface area contributed by atoms with Gasteiger partial charge in [0.05, 0.1) is 14.4 Å². The second kappa shape index (κ2) is 23.4. The molecule has 1 atom stereocenters. The molecule has 0 saturated heterocycles. The third-order valence-electron chi connectivity index (χ3n) is 4.79. The van der Waals surface area contributed by atoms with Gasteiger partial charge < -0.3 is 18.9 Å². The van der Waals surface area contributed by atoms with Crippen LogP contribution in [0.5, 0.6) is 0 Å². The Labute approximate surface area is 206 Å². The third kappa shape index (κ3) is 28.3. The van der Waals surface area contributed by atoms with Crippen LogP contribution in [-0.2, 0) is 9.09 Å². The minimum absolute atomic E-state index is 0. The fourth-order valence-corrected chi connectivity index (χ4v) is 3.27. The van der Waals surface area contributed by atoms with Crippen molar-refractivity contribution in [3.05, 3.63) is 0 Å². The number of phosphoric acid groups is 1. The molecular formula is C19H39Na2O4P. The van der Waals surface area contributed by atoms with Gasteiger partial charge in [0, 0.05) is 0 Å². The smallest absolute Gasteiger partial charge is 0.790 e. The Morgan fingerprint density at radius 1 is 0.731 bits per heavy atom. The number of rotatable bonds is 18. The van der Waals surface area contributed by atoms with Crippen molar-refractivity contribution in [2.24, 2.45) is 5.92 Å². The summed E-state index contributed by atoms with van der Waals surface area (Å²) in [5.74, 6) is 0.901. The topological polar surface area (TPSA) is 72.4 Å². The minimum atomic E-state index is -4.76. The van der Waals surface area contributed by atoms with Crippen molar-refractivity contribution >= 4 is 7.82 Å². The first-order valence-electron chi connectivity index (χ1n) is 10.1. The van der Waals surface area contributed by atoms with Gasteiger partial charge >= 0.3 is 59.1 Å². The summed E-state index contributed by atoms with van der Waals surface area (Å²) in [5, 5.41) is 0. The Bertz CT molecular complexity index is 314. The van der Waals surface area contributed by atoms with Gasteiger partial charge in [0.2, 0.25) is 0 Å². The zero-order valence-corrected chi connectivity index (χ0v) is 22.9. The second-order valence-corrected chi connectivity index (χ2v) is 8.33. The maximum atomic E-state index is 10.3. The van der Waals surface area contributed by atoms with E-state index in [0.717, 1.165) is 18.8 Å². The second-order valence-electron chi connectivity index (χ2n) is 7.18. The van der Waals surface area contributed by atoms with Crippen molar-refractivity contribution < 1.29 is 78.0 Å². The molecule has 0 aromatic rings. The molecule has 0 aliphatic carbocycles. The molecule has 7 heteroatoms. The SMILES string of the molecule is CCC(C)CCCCCCCCCCCCCCCOP(=O)([O-])[O-].[Na+].[Na+]. The van der Waals surface area contributed by atoms with Gasteiger partial charge in [-0.3, -0.25) is 0 Å². The van der Waals surface area contributed by atoms with E-state index in [9.17, 15) is 14.4 Å². The first kappa shape index (κ1) is 32.8. The summed E-state index contributed by atoms with van der Waals surface area (Å²) in [7, 11) is -4.76. The normalized spacial score (nSPS) is 12.3. The molecule has 146 valence electrons. The van der Waals surface area contributed by atoms with Crippen LogP contribution in [0.2, 0.25) is 0 Å². The van der Waals surface area contributed by atoms with E-state index >= 15 is 0 Å². The molecule has 0 radical (unpaired) electrons. The van der Waals surface area contributed by atoms with Crippen molar-refractivity contribution in [3.8, 4) is 0 Å². The number of hydrogen-bond donors (Lipinski definition) is 0. The number of phosphoric ester groups is 1. The largest absolute Gasteiger partial charge is 1.00 e. The van der Waals surface area contributed by atoms with E-state index in [4.69, 9.17) is 0 Å². The van der Waals surface area contributed by atoms with Gasteiger partial charge in [-0.2, -0.15) is 0 Å². The first-order chi connectivity index (χ1) is 11.5. The van der Waals surface area contributed by atoms with Crippen molar-refractivity contribution in [1.82, 2.24) is 0 Å². The van der Waals surface area contributed by atoms with Crippen molar-refractivity contribution in [2.45, 2.75) is 110 Å². The summed E-state index contributed by atoms with van der Waals surface area (Å²) in [6.45, 7) is 4.67. The van der Waals surface area contributed by atoms with Crippen LogP contribution in [0.25, 0.3) is 0 Å². The molecule has 0 rings (SSSR count). The Hall–Kier alpha value is 2.11. The van der Waals surface area contributed by atoms with Crippen molar-refractivity contribution in [2.75, 3.05) is 6.61 Å². The van der Waals surface area contributed by atoms with E-state index in [1.54, 1.807) is 0 Å². The molecular weight excluding hydrogens is 369 g/mol. The van der Waals surface area contributed by atoms with E-state index < -0.39 is 7.82 Å². The third-order valence-corrected chi connectivity index (χ3v) is 5.29. The summed E-state index contributed by atoms with van der Waals surface area (Å²) in [6, 6.07) is 0. The molecule has 0 aromatic heterocycles. The predicted molar refractivity (Wildman–Crippen MR) is 97.7 cm³/mol. The van der Waals surface area contributed by atoms with Gasteiger partial charge in [-0.25, -0.2) is 0 Å². The molecule has 0 aromatic carbocycles. The Balaban J connectivity index is -0.00000264. The Morgan fingerprint density at radius 2 is 1.08 bits per heavy atom. The molecule has 0 spiro atoms. The molecule has 0 saturated carbocycles. The Kier molecular flexibility index (Phi) is 29.5. The molecule has 0 aliphatic rings. The predicted octanol–water partition coefficient (Wildman–Crippen LogP) is -0.653. The van der Waals surface area contributed by atoms with E-state index in [2.05, 4.69) is 18.4 Å². The molecule has 0 heterocycles. The van der Waals surface area contributed by atoms with Gasteiger partial charge in [-0.05, 0) is 12.3 Å². The van der Waals surface area contributed by atoms with Crippen LogP contribution < -0.4 is 68.9 Å². The van der Waals surface area contributed by atoms with Gasteiger partial charge in [-0.1, -0.05) is 104 Å². The molecule has 0 fully saturated rings. The van der Waals surface area contributed by atoms with Crippen LogP contribution in [0, 0.1) is 5.92 Å². The van der Waals surface area contributed by atoms with Gasteiger partial charge in [0.1, 0.15) is 0 Å². The molecule has 0 aliphatic heterocycles. The van der Waals surface area contributed by atoms with Crippen molar-refractivity contribution in [1.29, 1.82) is 0 Å². The standard InChI is InChI=1S/C19H41O4P.2Na/c1-3-19(2)17-15-13-11-9-7-5-4-6-8-10-12-14-16-18-23-24(20,21)22;;/h19H,3-18H2,1-2H3,(H2,20,21,22);;/q;2*+1/p-2. The summed E-state index contributed by atoms with van der Waals surface area (Å²) in [6.07, 6.45) is 18.9. The van der Waals surface area contributed by atoms with Crippen LogP contribution in [0.4, 0.5) is 0 Å². The van der Waals surface area contributed by atoms with Crippen molar-refractivity contribution in [3.63, 3.8) is 0 Å². The number of unbranched alkanes of at least 4 members (excludes halogenated alkanes) is 12. The molecule has 0 amide bonds. The average molecular weight is 408 g/mol. The Morgan fingerprint density at radius 3 is 1.42 bits per heavy atom. The monoisotopic (exact) mass is 408 g/mol. The summed E-state index contributed by atoms with van der Waals surface area (Å²) in [5.41, 5.74) is 0. The van der Waals surface area contributed by atoms with E-state index in [-0.39, 0.29) is 65.7 Å². The van der Waals surface area contributed by atoms with E-state index in [0.29, 0.717) is 6.42 Å². The maximum absolute atomic E-state index is 10.3. The fourth-order valence-electron chi connectivity index (χ4n) is 2.92. The molecule has 0 bridgehead atoms. The first-order valence-corrected chi connectivity index (χ1v) is 11.6. The fraction of sp³-hybridized carbons (Fsp3) is 1.00. The van der Waals surface area contributed by atoms with Crippen LogP contribution in [-0.4, -0.2) is 6.61 Å². The number of hydrogen-bond acceptors (Lipinski definition) is 4. The summed E-state index contributed by atoms with van der Waals surface area (Å²) < 4.78 is 14.5. The molecule has 4 nitrogen and oxygen atoms in total. The van der Waals surface area contributed by atoms with E-state index in [1.807, 2.05) is 0 Å². The quantitative estimate of drug-likeness (QED) is 0.172. The summed E-state index contributed by atoms with van der Waals surface area (Å²) >= 11 is 0.